The third kappa shape index (κ3) is 3.48. The first-order chi connectivity index (χ1) is 8.24. The Labute approximate surface area is 103 Å². The molecule has 0 fully saturated rings. The summed E-state index contributed by atoms with van der Waals surface area (Å²) < 4.78 is 5.23. The van der Waals surface area contributed by atoms with Crippen LogP contribution in [0, 0.1) is 0 Å². The summed E-state index contributed by atoms with van der Waals surface area (Å²) in [7, 11) is 1.59. The molecular formula is C14H21NO2. The number of carbonyl (C=O) groups is 1. The van der Waals surface area contributed by atoms with Crippen molar-refractivity contribution in [3.63, 3.8) is 0 Å². The van der Waals surface area contributed by atoms with E-state index in [0.717, 1.165) is 25.9 Å². The maximum absolute atomic E-state index is 12.4. The third-order valence-electron chi connectivity index (χ3n) is 2.61. The Morgan fingerprint density at radius 2 is 1.76 bits per heavy atom. The van der Waals surface area contributed by atoms with E-state index in [-0.39, 0.29) is 5.91 Å². The number of amides is 1. The number of benzene rings is 1. The number of carbonyl (C=O) groups excluding carboxylic acids is 1. The molecule has 0 saturated carbocycles. The molecule has 0 aliphatic rings. The summed E-state index contributed by atoms with van der Waals surface area (Å²) in [5.41, 5.74) is 0.650. The van der Waals surface area contributed by atoms with Crippen molar-refractivity contribution in [1.82, 2.24) is 4.90 Å². The van der Waals surface area contributed by atoms with Crippen LogP contribution < -0.4 is 4.74 Å². The van der Waals surface area contributed by atoms with Crippen LogP contribution in [0.25, 0.3) is 0 Å². The zero-order chi connectivity index (χ0) is 12.7. The number of hydrogen-bond donors (Lipinski definition) is 0. The topological polar surface area (TPSA) is 29.5 Å². The molecule has 94 valence electrons. The number of rotatable bonds is 6. The molecule has 0 bridgehead atoms. The minimum Gasteiger partial charge on any atom is -0.496 e. The molecule has 1 aromatic carbocycles. The summed E-state index contributed by atoms with van der Waals surface area (Å²) in [6, 6.07) is 7.38. The van der Waals surface area contributed by atoms with E-state index in [2.05, 4.69) is 13.8 Å². The van der Waals surface area contributed by atoms with Crippen LogP contribution in [0.15, 0.2) is 24.3 Å². The molecule has 1 aromatic rings. The molecule has 0 spiro atoms. The van der Waals surface area contributed by atoms with Crippen molar-refractivity contribution >= 4 is 5.91 Å². The average Bonchev–Trinajstić information content (AvgIpc) is 2.37. The molecule has 3 nitrogen and oxygen atoms in total. The van der Waals surface area contributed by atoms with Crippen molar-refractivity contribution in [3.05, 3.63) is 29.8 Å². The van der Waals surface area contributed by atoms with Crippen LogP contribution in [-0.4, -0.2) is 31.0 Å². The van der Waals surface area contributed by atoms with Crippen molar-refractivity contribution < 1.29 is 9.53 Å². The summed E-state index contributed by atoms with van der Waals surface area (Å²) in [6.45, 7) is 5.76. The Bertz CT molecular complexity index is 357. The second-order valence-corrected chi connectivity index (χ2v) is 3.99. The SMILES string of the molecule is CCCN(CCC)C(=O)c1ccccc1OC. The van der Waals surface area contributed by atoms with Gasteiger partial charge in [0.05, 0.1) is 12.7 Å². The standard InChI is InChI=1S/C14H21NO2/c1-4-10-15(11-5-2)14(16)12-8-6-7-9-13(12)17-3/h6-9H,4-5,10-11H2,1-3H3. The summed E-state index contributed by atoms with van der Waals surface area (Å²) >= 11 is 0. The van der Waals surface area contributed by atoms with Gasteiger partial charge < -0.3 is 9.64 Å². The molecule has 0 radical (unpaired) electrons. The first-order valence-corrected chi connectivity index (χ1v) is 6.16. The lowest BCUT2D eigenvalue weighted by Crippen LogP contribution is -2.32. The fraction of sp³-hybridized carbons (Fsp3) is 0.500. The molecule has 17 heavy (non-hydrogen) atoms. The van der Waals surface area contributed by atoms with Gasteiger partial charge in [-0.2, -0.15) is 0 Å². The van der Waals surface area contributed by atoms with E-state index in [9.17, 15) is 4.79 Å². The summed E-state index contributed by atoms with van der Waals surface area (Å²) in [5, 5.41) is 0. The molecule has 1 amide bonds. The molecule has 0 N–H and O–H groups in total. The molecule has 0 aliphatic heterocycles. The van der Waals surface area contributed by atoms with Crippen LogP contribution in [0.1, 0.15) is 37.0 Å². The minimum absolute atomic E-state index is 0.0613. The van der Waals surface area contributed by atoms with Gasteiger partial charge in [0.15, 0.2) is 0 Å². The molecule has 0 saturated heterocycles. The summed E-state index contributed by atoms with van der Waals surface area (Å²) in [5.74, 6) is 0.709. The van der Waals surface area contributed by atoms with Gasteiger partial charge >= 0.3 is 0 Å². The largest absolute Gasteiger partial charge is 0.496 e. The lowest BCUT2D eigenvalue weighted by molar-refractivity contribution is 0.0752. The molecule has 0 aliphatic carbocycles. The van der Waals surface area contributed by atoms with E-state index in [4.69, 9.17) is 4.74 Å². The zero-order valence-electron chi connectivity index (χ0n) is 10.9. The zero-order valence-corrected chi connectivity index (χ0v) is 10.9. The monoisotopic (exact) mass is 235 g/mol. The van der Waals surface area contributed by atoms with Gasteiger partial charge in [0.2, 0.25) is 0 Å². The number of para-hydroxylation sites is 1. The van der Waals surface area contributed by atoms with E-state index in [1.165, 1.54) is 0 Å². The lowest BCUT2D eigenvalue weighted by Gasteiger charge is -2.22. The van der Waals surface area contributed by atoms with Crippen LogP contribution in [0.4, 0.5) is 0 Å². The van der Waals surface area contributed by atoms with Crippen molar-refractivity contribution in [1.29, 1.82) is 0 Å². The first-order valence-electron chi connectivity index (χ1n) is 6.16. The normalized spacial score (nSPS) is 10.1. The second-order valence-electron chi connectivity index (χ2n) is 3.99. The predicted molar refractivity (Wildman–Crippen MR) is 69.5 cm³/mol. The highest BCUT2D eigenvalue weighted by molar-refractivity contribution is 5.96. The van der Waals surface area contributed by atoms with Gasteiger partial charge in [-0.25, -0.2) is 0 Å². The molecule has 0 aromatic heterocycles. The van der Waals surface area contributed by atoms with Gasteiger partial charge in [-0.1, -0.05) is 26.0 Å². The van der Waals surface area contributed by atoms with Crippen LogP contribution in [-0.2, 0) is 0 Å². The van der Waals surface area contributed by atoms with Gasteiger partial charge in [-0.05, 0) is 25.0 Å². The Kier molecular flexibility index (Phi) is 5.53. The van der Waals surface area contributed by atoms with Crippen molar-refractivity contribution in [2.45, 2.75) is 26.7 Å². The van der Waals surface area contributed by atoms with Crippen molar-refractivity contribution in [2.24, 2.45) is 0 Å². The molecule has 3 heteroatoms. The third-order valence-corrected chi connectivity index (χ3v) is 2.61. The molecule has 0 heterocycles. The van der Waals surface area contributed by atoms with Crippen molar-refractivity contribution in [3.8, 4) is 5.75 Å². The molecule has 0 unspecified atom stereocenters. The molecule has 1 rings (SSSR count). The van der Waals surface area contributed by atoms with Gasteiger partial charge in [0.25, 0.3) is 5.91 Å². The molecule has 0 atom stereocenters. The molecular weight excluding hydrogens is 214 g/mol. The lowest BCUT2D eigenvalue weighted by atomic mass is 10.1. The number of hydrogen-bond acceptors (Lipinski definition) is 2. The van der Waals surface area contributed by atoms with Crippen LogP contribution in [0.2, 0.25) is 0 Å². The van der Waals surface area contributed by atoms with E-state index < -0.39 is 0 Å². The summed E-state index contributed by atoms with van der Waals surface area (Å²) in [4.78, 5) is 14.2. The highest BCUT2D eigenvalue weighted by Crippen LogP contribution is 2.19. The number of nitrogens with zero attached hydrogens (tertiary/aromatic N) is 1. The maximum atomic E-state index is 12.4. The minimum atomic E-state index is 0.0613. The van der Waals surface area contributed by atoms with Crippen LogP contribution in [0.3, 0.4) is 0 Å². The fourth-order valence-corrected chi connectivity index (χ4v) is 1.85. The average molecular weight is 235 g/mol. The fourth-order valence-electron chi connectivity index (χ4n) is 1.85. The number of ether oxygens (including phenoxy) is 1. The van der Waals surface area contributed by atoms with Crippen LogP contribution >= 0.6 is 0 Å². The predicted octanol–water partition coefficient (Wildman–Crippen LogP) is 2.96. The van der Waals surface area contributed by atoms with Crippen molar-refractivity contribution in [2.75, 3.05) is 20.2 Å². The number of methoxy groups -OCH3 is 1. The second kappa shape index (κ2) is 6.94. The van der Waals surface area contributed by atoms with Crippen LogP contribution in [0.5, 0.6) is 5.75 Å². The Hall–Kier alpha value is -1.51. The maximum Gasteiger partial charge on any atom is 0.257 e. The highest BCUT2D eigenvalue weighted by Gasteiger charge is 2.17. The van der Waals surface area contributed by atoms with Gasteiger partial charge in [0, 0.05) is 13.1 Å². The van der Waals surface area contributed by atoms with E-state index >= 15 is 0 Å². The van der Waals surface area contributed by atoms with E-state index in [0.29, 0.717) is 11.3 Å². The Morgan fingerprint density at radius 3 is 2.29 bits per heavy atom. The Balaban J connectivity index is 2.92. The van der Waals surface area contributed by atoms with E-state index in [1.807, 2.05) is 29.2 Å². The smallest absolute Gasteiger partial charge is 0.257 e. The van der Waals surface area contributed by atoms with Gasteiger partial charge in [-0.15, -0.1) is 0 Å². The first kappa shape index (κ1) is 13.6. The quantitative estimate of drug-likeness (QED) is 0.758. The van der Waals surface area contributed by atoms with Gasteiger partial charge in [0.1, 0.15) is 5.75 Å². The van der Waals surface area contributed by atoms with E-state index in [1.54, 1.807) is 7.11 Å². The Morgan fingerprint density at radius 1 is 1.18 bits per heavy atom. The highest BCUT2D eigenvalue weighted by atomic mass is 16.5. The van der Waals surface area contributed by atoms with Gasteiger partial charge in [-0.3, -0.25) is 4.79 Å². The summed E-state index contributed by atoms with van der Waals surface area (Å²) in [6.07, 6.45) is 1.95.